The first-order valence-electron chi connectivity index (χ1n) is 10.9. The summed E-state index contributed by atoms with van der Waals surface area (Å²) in [4.78, 5) is 15.5. The quantitative estimate of drug-likeness (QED) is 0.741. The standard InChI is InChI=1S/C25H32N2O5/c1-25(2,3)23(26-13-16-6-7-19-22(10-16)32-15-31-19)24(28)27-9-8-17-11-20(29-4)21(30-5)12-18(17)14-27/h6-7,10-12,23,26H,8-9,13-15H2,1-5H3/t23-/m1/s1. The topological polar surface area (TPSA) is 69.3 Å². The van der Waals surface area contributed by atoms with Gasteiger partial charge in [0.05, 0.1) is 20.3 Å². The lowest BCUT2D eigenvalue weighted by Crippen LogP contribution is -2.53. The number of hydrogen-bond acceptors (Lipinski definition) is 6. The van der Waals surface area contributed by atoms with Crippen LogP contribution in [-0.2, 0) is 24.3 Å². The van der Waals surface area contributed by atoms with Crippen LogP contribution in [0.25, 0.3) is 0 Å². The lowest BCUT2D eigenvalue weighted by atomic mass is 9.85. The molecular weight excluding hydrogens is 408 g/mol. The van der Waals surface area contributed by atoms with Crippen molar-refractivity contribution in [3.8, 4) is 23.0 Å². The summed E-state index contributed by atoms with van der Waals surface area (Å²) in [5.74, 6) is 3.03. The highest BCUT2D eigenvalue weighted by atomic mass is 16.7. The highest BCUT2D eigenvalue weighted by Gasteiger charge is 2.35. The number of carbonyl (C=O) groups excluding carboxylic acids is 1. The zero-order chi connectivity index (χ0) is 22.9. The Bertz CT molecular complexity index is 999. The largest absolute Gasteiger partial charge is 0.493 e. The average Bonchev–Trinajstić information content (AvgIpc) is 3.24. The van der Waals surface area contributed by atoms with Crippen molar-refractivity contribution in [3.63, 3.8) is 0 Å². The molecule has 7 nitrogen and oxygen atoms in total. The van der Waals surface area contributed by atoms with Crippen molar-refractivity contribution in [1.82, 2.24) is 10.2 Å². The van der Waals surface area contributed by atoms with Gasteiger partial charge in [-0.1, -0.05) is 26.8 Å². The van der Waals surface area contributed by atoms with Crippen LogP contribution >= 0.6 is 0 Å². The zero-order valence-electron chi connectivity index (χ0n) is 19.5. The summed E-state index contributed by atoms with van der Waals surface area (Å²) >= 11 is 0. The highest BCUT2D eigenvalue weighted by Crippen LogP contribution is 2.35. The molecular formula is C25H32N2O5. The maximum atomic E-state index is 13.6. The van der Waals surface area contributed by atoms with E-state index >= 15 is 0 Å². The van der Waals surface area contributed by atoms with Gasteiger partial charge in [0.15, 0.2) is 23.0 Å². The molecule has 1 amide bonds. The van der Waals surface area contributed by atoms with E-state index in [2.05, 4.69) is 26.1 Å². The summed E-state index contributed by atoms with van der Waals surface area (Å²) in [7, 11) is 3.27. The molecule has 0 saturated carbocycles. The first kappa shape index (κ1) is 22.3. The molecule has 2 aliphatic heterocycles. The molecule has 0 spiro atoms. The number of ether oxygens (including phenoxy) is 4. The molecule has 2 aliphatic rings. The minimum Gasteiger partial charge on any atom is -0.493 e. The number of amides is 1. The Hall–Kier alpha value is -2.93. The molecule has 0 saturated heterocycles. The molecule has 0 radical (unpaired) electrons. The van der Waals surface area contributed by atoms with Crippen LogP contribution in [0.4, 0.5) is 0 Å². The number of rotatable bonds is 6. The van der Waals surface area contributed by atoms with Gasteiger partial charge in [-0.05, 0) is 52.8 Å². The minimum absolute atomic E-state index is 0.110. The lowest BCUT2D eigenvalue weighted by molar-refractivity contribution is -0.137. The first-order chi connectivity index (χ1) is 15.3. The van der Waals surface area contributed by atoms with E-state index in [0.29, 0.717) is 25.4 Å². The monoisotopic (exact) mass is 440 g/mol. The molecule has 1 atom stereocenters. The van der Waals surface area contributed by atoms with Gasteiger partial charge in [-0.15, -0.1) is 0 Å². The van der Waals surface area contributed by atoms with Crippen LogP contribution in [0.2, 0.25) is 0 Å². The van der Waals surface area contributed by atoms with Crippen molar-refractivity contribution >= 4 is 5.91 Å². The maximum Gasteiger partial charge on any atom is 0.240 e. The molecule has 7 heteroatoms. The summed E-state index contributed by atoms with van der Waals surface area (Å²) < 4.78 is 21.8. The Morgan fingerprint density at radius 3 is 2.44 bits per heavy atom. The average molecular weight is 441 g/mol. The van der Waals surface area contributed by atoms with Gasteiger partial charge in [0.25, 0.3) is 0 Å². The molecule has 32 heavy (non-hydrogen) atoms. The lowest BCUT2D eigenvalue weighted by Gasteiger charge is -2.37. The van der Waals surface area contributed by atoms with Crippen LogP contribution < -0.4 is 24.3 Å². The summed E-state index contributed by atoms with van der Waals surface area (Å²) in [6, 6.07) is 9.57. The van der Waals surface area contributed by atoms with E-state index in [9.17, 15) is 4.79 Å². The molecule has 2 aromatic carbocycles. The SMILES string of the molecule is COc1cc2c(cc1OC)CN(C(=O)[C@@H](NCc1ccc3c(c1)OCO3)C(C)(C)C)CC2. The summed E-state index contributed by atoms with van der Waals surface area (Å²) in [6.45, 7) is 8.34. The molecule has 4 rings (SSSR count). The number of carbonyl (C=O) groups is 1. The van der Waals surface area contributed by atoms with Crippen molar-refractivity contribution in [3.05, 3.63) is 47.0 Å². The predicted octanol–water partition coefficient (Wildman–Crippen LogP) is 3.52. The molecule has 172 valence electrons. The number of benzene rings is 2. The number of fused-ring (bicyclic) bond motifs is 2. The van der Waals surface area contributed by atoms with E-state index in [0.717, 1.165) is 34.8 Å². The Labute approximate surface area is 189 Å². The minimum atomic E-state index is -0.324. The summed E-state index contributed by atoms with van der Waals surface area (Å²) in [5.41, 5.74) is 3.11. The molecule has 2 heterocycles. The van der Waals surface area contributed by atoms with Crippen LogP contribution in [0.1, 0.15) is 37.5 Å². The Balaban J connectivity index is 1.49. The fraction of sp³-hybridized carbons (Fsp3) is 0.480. The smallest absolute Gasteiger partial charge is 0.240 e. The van der Waals surface area contributed by atoms with Gasteiger partial charge < -0.3 is 29.2 Å². The normalized spacial score (nSPS) is 15.8. The zero-order valence-corrected chi connectivity index (χ0v) is 19.5. The third kappa shape index (κ3) is 4.48. The van der Waals surface area contributed by atoms with Gasteiger partial charge in [0.2, 0.25) is 12.7 Å². The predicted molar refractivity (Wildman–Crippen MR) is 121 cm³/mol. The second kappa shape index (κ2) is 8.90. The van der Waals surface area contributed by atoms with Gasteiger partial charge in [-0.3, -0.25) is 4.79 Å². The van der Waals surface area contributed by atoms with Gasteiger partial charge >= 0.3 is 0 Å². The Kier molecular flexibility index (Phi) is 6.20. The molecule has 2 aromatic rings. The van der Waals surface area contributed by atoms with E-state index in [1.54, 1.807) is 14.2 Å². The first-order valence-corrected chi connectivity index (χ1v) is 10.9. The van der Waals surface area contributed by atoms with E-state index < -0.39 is 0 Å². The number of hydrogen-bond donors (Lipinski definition) is 1. The van der Waals surface area contributed by atoms with Crippen LogP contribution in [0, 0.1) is 5.41 Å². The van der Waals surface area contributed by atoms with Gasteiger partial charge in [-0.2, -0.15) is 0 Å². The van der Waals surface area contributed by atoms with Crippen molar-refractivity contribution in [2.24, 2.45) is 5.41 Å². The van der Waals surface area contributed by atoms with Crippen molar-refractivity contribution < 1.29 is 23.7 Å². The van der Waals surface area contributed by atoms with Crippen LogP contribution in [0.15, 0.2) is 30.3 Å². The number of nitrogens with zero attached hydrogens (tertiary/aromatic N) is 1. The molecule has 0 aromatic heterocycles. The van der Waals surface area contributed by atoms with Crippen molar-refractivity contribution in [2.75, 3.05) is 27.6 Å². The number of nitrogens with one attached hydrogen (secondary N) is 1. The van der Waals surface area contributed by atoms with E-state index in [1.165, 1.54) is 5.56 Å². The molecule has 0 aliphatic carbocycles. The van der Waals surface area contributed by atoms with Gasteiger partial charge in [0.1, 0.15) is 0 Å². The fourth-order valence-corrected chi connectivity index (χ4v) is 4.29. The molecule has 1 N–H and O–H groups in total. The van der Waals surface area contributed by atoms with Crippen molar-refractivity contribution in [2.45, 2.75) is 46.3 Å². The van der Waals surface area contributed by atoms with Gasteiger partial charge in [0, 0.05) is 19.6 Å². The maximum absolute atomic E-state index is 13.6. The molecule has 0 bridgehead atoms. The van der Waals surface area contributed by atoms with E-state index in [4.69, 9.17) is 18.9 Å². The van der Waals surface area contributed by atoms with Crippen LogP contribution in [0.3, 0.4) is 0 Å². The van der Waals surface area contributed by atoms with Crippen LogP contribution in [0.5, 0.6) is 23.0 Å². The molecule has 0 fully saturated rings. The summed E-state index contributed by atoms with van der Waals surface area (Å²) in [6.07, 6.45) is 0.792. The van der Waals surface area contributed by atoms with Crippen molar-refractivity contribution in [1.29, 1.82) is 0 Å². The van der Waals surface area contributed by atoms with Gasteiger partial charge in [-0.25, -0.2) is 0 Å². The van der Waals surface area contributed by atoms with Crippen LogP contribution in [-0.4, -0.2) is 44.4 Å². The number of methoxy groups -OCH3 is 2. The van der Waals surface area contributed by atoms with E-state index in [1.807, 2.05) is 35.2 Å². The fourth-order valence-electron chi connectivity index (χ4n) is 4.29. The second-order valence-corrected chi connectivity index (χ2v) is 9.35. The van der Waals surface area contributed by atoms with E-state index in [-0.39, 0.29) is 24.2 Å². The third-order valence-corrected chi connectivity index (χ3v) is 6.09. The Morgan fingerprint density at radius 1 is 1.06 bits per heavy atom. The Morgan fingerprint density at radius 2 is 1.75 bits per heavy atom. The summed E-state index contributed by atoms with van der Waals surface area (Å²) in [5, 5.41) is 3.50. The third-order valence-electron chi connectivity index (χ3n) is 6.09. The highest BCUT2D eigenvalue weighted by molar-refractivity contribution is 5.83. The molecule has 0 unspecified atom stereocenters. The second-order valence-electron chi connectivity index (χ2n) is 9.35.